The number of benzene rings is 1. The molecular weight excluding hydrogens is 340 g/mol. The Morgan fingerprint density at radius 1 is 1.19 bits per heavy atom. The summed E-state index contributed by atoms with van der Waals surface area (Å²) in [5.41, 5.74) is 0.0115. The Balaban J connectivity index is 2.92. The van der Waals surface area contributed by atoms with Crippen LogP contribution in [0, 0.1) is 0 Å². The highest BCUT2D eigenvalue weighted by Crippen LogP contribution is 2.13. The van der Waals surface area contributed by atoms with Crippen LogP contribution >= 0.6 is 0 Å². The lowest BCUT2D eigenvalue weighted by molar-refractivity contribution is -0.146. The normalized spacial score (nSPS) is 12.0. The fourth-order valence-corrected chi connectivity index (χ4v) is 2.12. The van der Waals surface area contributed by atoms with Gasteiger partial charge in [-0.2, -0.15) is 0 Å². The molecule has 2 amide bonds. The van der Waals surface area contributed by atoms with E-state index >= 15 is 0 Å². The number of aromatic hydroxyl groups is 1. The Morgan fingerprint density at radius 3 is 2.27 bits per heavy atom. The molecule has 0 aliphatic carbocycles. The van der Waals surface area contributed by atoms with Crippen molar-refractivity contribution in [1.29, 1.82) is 0 Å². The third-order valence-electron chi connectivity index (χ3n) is 3.34. The van der Waals surface area contributed by atoms with Gasteiger partial charge in [0.15, 0.2) is 0 Å². The summed E-state index contributed by atoms with van der Waals surface area (Å²) >= 11 is 0. The summed E-state index contributed by atoms with van der Waals surface area (Å²) < 4.78 is 9.76. The average molecular weight is 366 g/mol. The number of ether oxygens (including phenoxy) is 2. The lowest BCUT2D eigenvalue weighted by atomic mass is 10.0. The van der Waals surface area contributed by atoms with Gasteiger partial charge in [0.05, 0.1) is 7.11 Å². The number of likely N-dealkylation sites (N-methyl/N-ethyl adjacent to an activating group) is 1. The van der Waals surface area contributed by atoms with Crippen molar-refractivity contribution in [2.24, 2.45) is 0 Å². The maximum absolute atomic E-state index is 12.7. The first-order chi connectivity index (χ1) is 12.0. The molecule has 1 rings (SSSR count). The quantitative estimate of drug-likeness (QED) is 0.739. The smallest absolute Gasteiger partial charge is 0.408 e. The topological polar surface area (TPSA) is 105 Å². The van der Waals surface area contributed by atoms with Crippen LogP contribution in [0.4, 0.5) is 4.79 Å². The SMILES string of the molecule is COC(=O)CN(C)C(=O)C(Cc1ccc(O)cc1)NC(=O)OC(C)(C)C. The van der Waals surface area contributed by atoms with Crippen LogP contribution < -0.4 is 5.32 Å². The molecule has 0 saturated heterocycles. The molecule has 144 valence electrons. The summed E-state index contributed by atoms with van der Waals surface area (Å²) in [7, 11) is 2.67. The summed E-state index contributed by atoms with van der Waals surface area (Å²) in [4.78, 5) is 37.3. The van der Waals surface area contributed by atoms with E-state index in [1.54, 1.807) is 32.9 Å². The third kappa shape index (κ3) is 7.42. The largest absolute Gasteiger partial charge is 0.508 e. The third-order valence-corrected chi connectivity index (χ3v) is 3.34. The zero-order valence-electron chi connectivity index (χ0n) is 15.7. The van der Waals surface area contributed by atoms with Gasteiger partial charge >= 0.3 is 12.1 Å². The van der Waals surface area contributed by atoms with E-state index in [2.05, 4.69) is 10.1 Å². The molecule has 26 heavy (non-hydrogen) atoms. The summed E-state index contributed by atoms with van der Waals surface area (Å²) in [6.45, 7) is 4.91. The molecule has 0 radical (unpaired) electrons. The highest BCUT2D eigenvalue weighted by Gasteiger charge is 2.28. The van der Waals surface area contributed by atoms with Gasteiger partial charge in [0, 0.05) is 13.5 Å². The van der Waals surface area contributed by atoms with Gasteiger partial charge in [0.25, 0.3) is 0 Å². The van der Waals surface area contributed by atoms with Crippen molar-refractivity contribution >= 4 is 18.0 Å². The summed E-state index contributed by atoms with van der Waals surface area (Å²) in [6.07, 6.45) is -0.565. The number of alkyl carbamates (subject to hydrolysis) is 1. The average Bonchev–Trinajstić information content (AvgIpc) is 2.53. The van der Waals surface area contributed by atoms with E-state index < -0.39 is 29.6 Å². The summed E-state index contributed by atoms with van der Waals surface area (Å²) in [5, 5.41) is 11.9. The van der Waals surface area contributed by atoms with Crippen LogP contribution in [0.2, 0.25) is 0 Å². The number of hydrogen-bond donors (Lipinski definition) is 2. The molecule has 0 aliphatic heterocycles. The van der Waals surface area contributed by atoms with Crippen LogP contribution in [0.1, 0.15) is 26.3 Å². The van der Waals surface area contributed by atoms with Gasteiger partial charge in [0.2, 0.25) is 5.91 Å². The van der Waals surface area contributed by atoms with Crippen molar-refractivity contribution in [1.82, 2.24) is 10.2 Å². The van der Waals surface area contributed by atoms with Gasteiger partial charge in [-0.1, -0.05) is 12.1 Å². The molecule has 8 nitrogen and oxygen atoms in total. The molecule has 0 spiro atoms. The zero-order chi connectivity index (χ0) is 19.9. The number of amides is 2. The van der Waals surface area contributed by atoms with Gasteiger partial charge < -0.3 is 24.8 Å². The molecule has 1 aromatic rings. The first-order valence-electron chi connectivity index (χ1n) is 8.11. The van der Waals surface area contributed by atoms with Crippen molar-refractivity contribution in [3.63, 3.8) is 0 Å². The number of carbonyl (C=O) groups excluding carboxylic acids is 3. The molecule has 0 aliphatic rings. The second-order valence-corrected chi connectivity index (χ2v) is 6.84. The predicted molar refractivity (Wildman–Crippen MR) is 94.6 cm³/mol. The number of hydrogen-bond acceptors (Lipinski definition) is 6. The van der Waals surface area contributed by atoms with E-state index in [-0.39, 0.29) is 18.7 Å². The van der Waals surface area contributed by atoms with Crippen LogP contribution in [-0.2, 0) is 25.5 Å². The minimum Gasteiger partial charge on any atom is -0.508 e. The number of carbonyl (C=O) groups is 3. The lowest BCUT2D eigenvalue weighted by Gasteiger charge is -2.26. The number of phenolic OH excluding ortho intramolecular Hbond substituents is 1. The maximum atomic E-state index is 12.7. The van der Waals surface area contributed by atoms with E-state index in [1.165, 1.54) is 31.2 Å². The standard InChI is InChI=1S/C18H26N2O6/c1-18(2,3)26-17(24)19-14(10-12-6-8-13(21)9-7-12)16(23)20(4)11-15(22)25-5/h6-9,14,21H,10-11H2,1-5H3,(H,19,24). The Hall–Kier alpha value is -2.77. The molecule has 2 N–H and O–H groups in total. The van der Waals surface area contributed by atoms with Crippen LogP contribution in [0.3, 0.4) is 0 Å². The van der Waals surface area contributed by atoms with Crippen molar-refractivity contribution in [3.05, 3.63) is 29.8 Å². The fourth-order valence-electron chi connectivity index (χ4n) is 2.12. The van der Waals surface area contributed by atoms with Gasteiger partial charge in [-0.3, -0.25) is 9.59 Å². The van der Waals surface area contributed by atoms with E-state index in [0.717, 1.165) is 5.56 Å². The number of nitrogens with zero attached hydrogens (tertiary/aromatic N) is 1. The second-order valence-electron chi connectivity index (χ2n) is 6.84. The number of nitrogens with one attached hydrogen (secondary N) is 1. The number of rotatable bonds is 6. The van der Waals surface area contributed by atoms with Gasteiger partial charge in [-0.25, -0.2) is 4.79 Å². The Morgan fingerprint density at radius 2 is 1.77 bits per heavy atom. The zero-order valence-corrected chi connectivity index (χ0v) is 15.7. The first-order valence-corrected chi connectivity index (χ1v) is 8.11. The van der Waals surface area contributed by atoms with E-state index in [0.29, 0.717) is 0 Å². The van der Waals surface area contributed by atoms with Crippen molar-refractivity contribution in [3.8, 4) is 5.75 Å². The molecule has 0 saturated carbocycles. The van der Waals surface area contributed by atoms with Crippen LogP contribution in [0.25, 0.3) is 0 Å². The van der Waals surface area contributed by atoms with Crippen LogP contribution in [-0.4, -0.2) is 60.3 Å². The fraction of sp³-hybridized carbons (Fsp3) is 0.500. The summed E-state index contributed by atoms with van der Waals surface area (Å²) in [5.74, 6) is -0.935. The van der Waals surface area contributed by atoms with Gasteiger partial charge in [-0.05, 0) is 38.5 Å². The Labute approximate surface area is 153 Å². The molecule has 8 heteroatoms. The Kier molecular flexibility index (Phi) is 7.42. The molecule has 0 fully saturated rings. The van der Waals surface area contributed by atoms with Gasteiger partial charge in [-0.15, -0.1) is 0 Å². The van der Waals surface area contributed by atoms with Crippen molar-refractivity contribution in [2.75, 3.05) is 20.7 Å². The number of esters is 1. The first kappa shape index (κ1) is 21.3. The molecular formula is C18H26N2O6. The molecule has 0 heterocycles. The molecule has 1 atom stereocenters. The highest BCUT2D eigenvalue weighted by atomic mass is 16.6. The van der Waals surface area contributed by atoms with E-state index in [4.69, 9.17) is 4.74 Å². The second kappa shape index (κ2) is 9.07. The maximum Gasteiger partial charge on any atom is 0.408 e. The number of methoxy groups -OCH3 is 1. The van der Waals surface area contributed by atoms with Crippen LogP contribution in [0.5, 0.6) is 5.75 Å². The molecule has 0 aromatic heterocycles. The number of phenols is 1. The predicted octanol–water partition coefficient (Wildman–Crippen LogP) is 1.46. The van der Waals surface area contributed by atoms with Crippen molar-refractivity contribution < 1.29 is 29.0 Å². The van der Waals surface area contributed by atoms with Crippen LogP contribution in [0.15, 0.2) is 24.3 Å². The molecule has 1 aromatic carbocycles. The monoisotopic (exact) mass is 366 g/mol. The highest BCUT2D eigenvalue weighted by molar-refractivity contribution is 5.88. The van der Waals surface area contributed by atoms with E-state index in [9.17, 15) is 19.5 Å². The van der Waals surface area contributed by atoms with E-state index in [1.807, 2.05) is 0 Å². The van der Waals surface area contributed by atoms with Crippen molar-refractivity contribution in [2.45, 2.75) is 38.8 Å². The Bertz CT molecular complexity index is 636. The van der Waals surface area contributed by atoms with Gasteiger partial charge in [0.1, 0.15) is 23.9 Å². The minimum absolute atomic E-state index is 0.0968. The lowest BCUT2D eigenvalue weighted by Crippen LogP contribution is -2.50. The molecule has 1 unspecified atom stereocenters. The summed E-state index contributed by atoms with van der Waals surface area (Å²) in [6, 6.07) is 5.33. The minimum atomic E-state index is -0.941. The molecule has 0 bridgehead atoms.